The summed E-state index contributed by atoms with van der Waals surface area (Å²) < 4.78 is 29.3. The number of rotatable bonds is 7. The highest BCUT2D eigenvalue weighted by atomic mass is 32.2. The first kappa shape index (κ1) is 15.9. The van der Waals surface area contributed by atoms with Crippen molar-refractivity contribution >= 4 is 16.0 Å². The van der Waals surface area contributed by atoms with E-state index in [4.69, 9.17) is 5.26 Å². The van der Waals surface area contributed by atoms with Crippen LogP contribution in [0.2, 0.25) is 0 Å². The van der Waals surface area contributed by atoms with Crippen molar-refractivity contribution in [3.63, 3.8) is 0 Å². The van der Waals surface area contributed by atoms with Crippen molar-refractivity contribution in [2.45, 2.75) is 20.8 Å². The van der Waals surface area contributed by atoms with Crippen LogP contribution < -0.4 is 0 Å². The van der Waals surface area contributed by atoms with Crippen molar-refractivity contribution in [3.8, 4) is 6.07 Å². The maximum Gasteiger partial charge on any atom is 0.322 e. The van der Waals surface area contributed by atoms with Crippen molar-refractivity contribution in [2.24, 2.45) is 5.92 Å². The summed E-state index contributed by atoms with van der Waals surface area (Å²) in [6.45, 7) is 5.37. The van der Waals surface area contributed by atoms with Crippen molar-refractivity contribution in [3.05, 3.63) is 0 Å². The number of carbonyl (C=O) groups excluding carboxylic acids is 1. The molecule has 1 unspecified atom stereocenters. The average Bonchev–Trinajstić information content (AvgIpc) is 2.24. The molecular weight excluding hydrogens is 244 g/mol. The Morgan fingerprint density at radius 1 is 1.47 bits per heavy atom. The van der Waals surface area contributed by atoms with Gasteiger partial charge in [0, 0.05) is 13.1 Å². The Hall–Kier alpha value is -1.13. The van der Waals surface area contributed by atoms with Gasteiger partial charge < -0.3 is 4.74 Å². The first-order chi connectivity index (χ1) is 7.87. The Balaban J connectivity index is 4.65. The van der Waals surface area contributed by atoms with E-state index in [-0.39, 0.29) is 19.7 Å². The Bertz CT molecular complexity index is 386. The fourth-order valence-corrected chi connectivity index (χ4v) is 2.64. The van der Waals surface area contributed by atoms with Crippen LogP contribution in [0.3, 0.4) is 0 Å². The van der Waals surface area contributed by atoms with Gasteiger partial charge in [0.15, 0.2) is 5.75 Å². The molecule has 0 aliphatic rings. The van der Waals surface area contributed by atoms with Gasteiger partial charge in [-0.2, -0.15) is 5.26 Å². The zero-order chi connectivity index (χ0) is 13.5. The van der Waals surface area contributed by atoms with Crippen molar-refractivity contribution in [2.75, 3.05) is 25.4 Å². The van der Waals surface area contributed by atoms with E-state index in [9.17, 15) is 13.2 Å². The molecule has 98 valence electrons. The topological polar surface area (TPSA) is 87.5 Å². The molecule has 0 saturated carbocycles. The molecule has 0 aliphatic heterocycles. The third kappa shape index (κ3) is 5.65. The van der Waals surface area contributed by atoms with Crippen molar-refractivity contribution in [1.82, 2.24) is 4.31 Å². The molecule has 0 amide bonds. The minimum absolute atomic E-state index is 0.0920. The van der Waals surface area contributed by atoms with Gasteiger partial charge in [-0.15, -0.1) is 0 Å². The van der Waals surface area contributed by atoms with E-state index in [1.165, 1.54) is 0 Å². The lowest BCUT2D eigenvalue weighted by Gasteiger charge is -2.20. The summed E-state index contributed by atoms with van der Waals surface area (Å²) in [7, 11) is -3.69. The molecule has 17 heavy (non-hydrogen) atoms. The van der Waals surface area contributed by atoms with Crippen LogP contribution in [0.25, 0.3) is 0 Å². The Labute approximate surface area is 102 Å². The van der Waals surface area contributed by atoms with Gasteiger partial charge in [-0.1, -0.05) is 6.92 Å². The van der Waals surface area contributed by atoms with Crippen LogP contribution in [0.5, 0.6) is 0 Å². The van der Waals surface area contributed by atoms with Crippen LogP contribution in [0.4, 0.5) is 0 Å². The summed E-state index contributed by atoms with van der Waals surface area (Å²) in [4.78, 5) is 11.1. The highest BCUT2D eigenvalue weighted by Crippen LogP contribution is 2.06. The van der Waals surface area contributed by atoms with Crippen LogP contribution in [-0.2, 0) is 19.6 Å². The molecule has 0 aliphatic carbocycles. The summed E-state index contributed by atoms with van der Waals surface area (Å²) in [5.74, 6) is -1.85. The van der Waals surface area contributed by atoms with Gasteiger partial charge in [0.25, 0.3) is 0 Å². The Kier molecular flexibility index (Phi) is 6.76. The Morgan fingerprint density at radius 3 is 2.47 bits per heavy atom. The third-order valence-electron chi connectivity index (χ3n) is 2.05. The highest BCUT2D eigenvalue weighted by Gasteiger charge is 2.26. The smallest absolute Gasteiger partial charge is 0.322 e. The predicted octanol–water partition coefficient (Wildman–Crippen LogP) is 0.361. The summed E-state index contributed by atoms with van der Waals surface area (Å²) >= 11 is 0. The lowest BCUT2D eigenvalue weighted by molar-refractivity contribution is -0.140. The summed E-state index contributed by atoms with van der Waals surface area (Å²) in [5, 5.41) is 8.65. The van der Waals surface area contributed by atoms with Crippen LogP contribution in [0, 0.1) is 17.2 Å². The number of sulfonamides is 1. The lowest BCUT2D eigenvalue weighted by Crippen LogP contribution is -2.38. The van der Waals surface area contributed by atoms with Crippen LogP contribution >= 0.6 is 0 Å². The van der Waals surface area contributed by atoms with E-state index < -0.39 is 27.7 Å². The molecule has 7 heteroatoms. The average molecular weight is 262 g/mol. The van der Waals surface area contributed by atoms with E-state index in [1.54, 1.807) is 20.8 Å². The van der Waals surface area contributed by atoms with E-state index in [0.717, 1.165) is 4.31 Å². The van der Waals surface area contributed by atoms with E-state index in [2.05, 4.69) is 4.74 Å². The standard InChI is InChI=1S/C10H18N2O4S/c1-4-12(7-9(3)6-11)17(14,15)8-10(13)16-5-2/h9H,4-5,7-8H2,1-3H3. The maximum absolute atomic E-state index is 11.8. The number of esters is 1. The summed E-state index contributed by atoms with van der Waals surface area (Å²) in [5.41, 5.74) is 0. The van der Waals surface area contributed by atoms with Crippen LogP contribution in [0.15, 0.2) is 0 Å². The summed E-state index contributed by atoms with van der Waals surface area (Å²) in [6, 6.07) is 1.96. The highest BCUT2D eigenvalue weighted by molar-refractivity contribution is 7.89. The molecule has 0 radical (unpaired) electrons. The van der Waals surface area contributed by atoms with Gasteiger partial charge in [-0.25, -0.2) is 12.7 Å². The number of nitrogens with zero attached hydrogens (tertiary/aromatic N) is 2. The zero-order valence-electron chi connectivity index (χ0n) is 10.3. The monoisotopic (exact) mass is 262 g/mol. The molecule has 0 aromatic rings. The van der Waals surface area contributed by atoms with Gasteiger partial charge in [-0.3, -0.25) is 4.79 Å². The molecule has 0 aromatic carbocycles. The van der Waals surface area contributed by atoms with Gasteiger partial charge >= 0.3 is 5.97 Å². The van der Waals surface area contributed by atoms with E-state index >= 15 is 0 Å². The molecule has 0 fully saturated rings. The van der Waals surface area contributed by atoms with Gasteiger partial charge in [0.2, 0.25) is 10.0 Å². The SMILES string of the molecule is CCOC(=O)CS(=O)(=O)N(CC)CC(C)C#N. The third-order valence-corrected chi connectivity index (χ3v) is 3.84. The van der Waals surface area contributed by atoms with E-state index in [1.807, 2.05) is 6.07 Å². The van der Waals surface area contributed by atoms with Crippen LogP contribution in [-0.4, -0.2) is 44.1 Å². The maximum atomic E-state index is 11.8. The molecule has 0 N–H and O–H groups in total. The Morgan fingerprint density at radius 2 is 2.06 bits per heavy atom. The molecule has 0 heterocycles. The van der Waals surface area contributed by atoms with Crippen LogP contribution in [0.1, 0.15) is 20.8 Å². The quantitative estimate of drug-likeness (QED) is 0.618. The number of ether oxygens (including phenoxy) is 1. The molecule has 0 spiro atoms. The molecule has 0 bridgehead atoms. The number of carbonyl (C=O) groups is 1. The second kappa shape index (κ2) is 7.25. The largest absolute Gasteiger partial charge is 0.465 e. The fourth-order valence-electron chi connectivity index (χ4n) is 1.23. The minimum Gasteiger partial charge on any atom is -0.465 e. The molecule has 0 saturated heterocycles. The van der Waals surface area contributed by atoms with Gasteiger partial charge in [-0.05, 0) is 13.8 Å². The molecule has 6 nitrogen and oxygen atoms in total. The summed E-state index contributed by atoms with van der Waals surface area (Å²) in [6.07, 6.45) is 0. The molecular formula is C10H18N2O4S. The van der Waals surface area contributed by atoms with E-state index in [0.29, 0.717) is 0 Å². The minimum atomic E-state index is -3.69. The normalized spacial score (nSPS) is 13.1. The molecule has 1 atom stereocenters. The number of hydrogen-bond acceptors (Lipinski definition) is 5. The fraction of sp³-hybridized carbons (Fsp3) is 0.800. The molecule has 0 aromatic heterocycles. The lowest BCUT2D eigenvalue weighted by atomic mass is 10.2. The van der Waals surface area contributed by atoms with Crippen molar-refractivity contribution in [1.29, 1.82) is 5.26 Å². The second-order valence-electron chi connectivity index (χ2n) is 3.54. The zero-order valence-corrected chi connectivity index (χ0v) is 11.2. The van der Waals surface area contributed by atoms with Gasteiger partial charge in [0.05, 0.1) is 18.6 Å². The first-order valence-electron chi connectivity index (χ1n) is 5.40. The van der Waals surface area contributed by atoms with Gasteiger partial charge in [0.1, 0.15) is 0 Å². The predicted molar refractivity (Wildman–Crippen MR) is 62.4 cm³/mol. The number of hydrogen-bond donors (Lipinski definition) is 0. The second-order valence-corrected chi connectivity index (χ2v) is 5.51. The molecule has 0 rings (SSSR count). The van der Waals surface area contributed by atoms with Crippen molar-refractivity contribution < 1.29 is 17.9 Å². The number of nitriles is 1. The first-order valence-corrected chi connectivity index (χ1v) is 7.01.